The molecule has 0 saturated heterocycles. The number of hydrogen-bond acceptors (Lipinski definition) is 2. The third-order valence-corrected chi connectivity index (χ3v) is 5.50. The summed E-state index contributed by atoms with van der Waals surface area (Å²) in [7, 11) is 0. The minimum Gasteiger partial charge on any atom is -0.195 e. The molecule has 0 atom stereocenters. The minimum atomic E-state index is 0.741. The van der Waals surface area contributed by atoms with Gasteiger partial charge in [0.2, 0.25) is 0 Å². The Morgan fingerprint density at radius 2 is 1.67 bits per heavy atom. The molecule has 0 radical (unpaired) electrons. The predicted octanol–water partition coefficient (Wildman–Crippen LogP) is 7.61. The van der Waals surface area contributed by atoms with Crippen molar-refractivity contribution in [3.05, 3.63) is 42.5 Å². The van der Waals surface area contributed by atoms with Crippen LogP contribution in [0.3, 0.4) is 0 Å². The molecule has 0 aromatic heterocycles. The fraction of sp³-hybridized carbons (Fsp3) is 0.591. The molecule has 0 bridgehead atoms. The second kappa shape index (κ2) is 11.3. The van der Waals surface area contributed by atoms with Crippen LogP contribution < -0.4 is 0 Å². The monoisotopic (exact) mass is 341 g/mol. The first-order chi connectivity index (χ1) is 11.8. The van der Waals surface area contributed by atoms with E-state index in [0.29, 0.717) is 0 Å². The van der Waals surface area contributed by atoms with E-state index < -0.39 is 0 Å². The molecular formula is C22H31NS. The van der Waals surface area contributed by atoms with Crippen molar-refractivity contribution in [1.82, 2.24) is 0 Å². The average molecular weight is 342 g/mol. The van der Waals surface area contributed by atoms with Crippen LogP contribution in [0, 0.1) is 5.92 Å². The maximum absolute atomic E-state index is 4.65. The summed E-state index contributed by atoms with van der Waals surface area (Å²) in [5.74, 6) is 1.71. The van der Waals surface area contributed by atoms with Crippen molar-refractivity contribution in [1.29, 1.82) is 0 Å². The summed E-state index contributed by atoms with van der Waals surface area (Å²) in [5.41, 5.74) is 2.38. The summed E-state index contributed by atoms with van der Waals surface area (Å²) in [4.78, 5) is 4.03. The maximum atomic E-state index is 4.65. The number of allylic oxidation sites excluding steroid dienone is 1. The first kappa shape index (κ1) is 19.1. The zero-order valence-corrected chi connectivity index (χ0v) is 15.7. The number of hydrogen-bond donors (Lipinski definition) is 0. The molecule has 0 heterocycles. The lowest BCUT2D eigenvalue weighted by Crippen LogP contribution is -2.13. The highest BCUT2D eigenvalue weighted by molar-refractivity contribution is 7.78. The van der Waals surface area contributed by atoms with Crippen LogP contribution >= 0.6 is 12.2 Å². The molecule has 0 amide bonds. The van der Waals surface area contributed by atoms with Crippen molar-refractivity contribution in [2.24, 2.45) is 10.9 Å². The number of thiocarbonyl (C=S) groups is 1. The smallest absolute Gasteiger partial charge is 0.0739 e. The van der Waals surface area contributed by atoms with Crippen LogP contribution in [0.2, 0.25) is 0 Å². The number of aliphatic imine (C=N–C) groups is 1. The Bertz CT molecular complexity index is 519. The minimum absolute atomic E-state index is 0.741. The number of unbranched alkanes of at least 4 members (excludes halogenated alkanes) is 5. The van der Waals surface area contributed by atoms with Gasteiger partial charge < -0.3 is 0 Å². The van der Waals surface area contributed by atoms with Gasteiger partial charge in [-0.15, -0.1) is 6.58 Å². The molecule has 1 aromatic rings. The molecule has 2 rings (SSSR count). The van der Waals surface area contributed by atoms with E-state index in [4.69, 9.17) is 0 Å². The standard InChI is InChI=1S/C22H31NS/c1-2-3-4-5-6-7-8-9-19-10-12-20(13-11-19)21-14-16-22(17-15-21)23-18-24/h2,14-17,19-20H,1,3-13H2/t19-,20-. The maximum Gasteiger partial charge on any atom is 0.0739 e. The van der Waals surface area contributed by atoms with Crippen molar-refractivity contribution in [3.8, 4) is 0 Å². The lowest BCUT2D eigenvalue weighted by Gasteiger charge is -2.29. The molecule has 1 aliphatic carbocycles. The fourth-order valence-corrected chi connectivity index (χ4v) is 4.02. The third-order valence-electron chi connectivity index (χ3n) is 5.41. The second-order valence-corrected chi connectivity index (χ2v) is 7.33. The van der Waals surface area contributed by atoms with E-state index in [-0.39, 0.29) is 0 Å². The van der Waals surface area contributed by atoms with Gasteiger partial charge in [-0.1, -0.05) is 50.3 Å². The van der Waals surface area contributed by atoms with Gasteiger partial charge in [0.25, 0.3) is 0 Å². The van der Waals surface area contributed by atoms with E-state index in [0.717, 1.165) is 17.5 Å². The summed E-state index contributed by atoms with van der Waals surface area (Å²) in [6, 6.07) is 8.57. The SMILES string of the molecule is C=CCCCCCCC[C@H]1CC[C@H](c2ccc(N=C=S)cc2)CC1. The van der Waals surface area contributed by atoms with E-state index in [9.17, 15) is 0 Å². The third kappa shape index (κ3) is 6.71. The molecule has 1 saturated carbocycles. The molecule has 1 aliphatic rings. The van der Waals surface area contributed by atoms with Crippen molar-refractivity contribution in [3.63, 3.8) is 0 Å². The van der Waals surface area contributed by atoms with Gasteiger partial charge in [0.1, 0.15) is 0 Å². The Kier molecular flexibility index (Phi) is 9.02. The van der Waals surface area contributed by atoms with E-state index in [2.05, 4.69) is 53.2 Å². The van der Waals surface area contributed by atoms with Crippen LogP contribution in [0.5, 0.6) is 0 Å². The fourth-order valence-electron chi connectivity index (χ4n) is 3.91. The van der Waals surface area contributed by atoms with Gasteiger partial charge in [0.05, 0.1) is 10.8 Å². The zero-order chi connectivity index (χ0) is 17.0. The molecule has 0 N–H and O–H groups in total. The Morgan fingerprint density at radius 1 is 1.00 bits per heavy atom. The van der Waals surface area contributed by atoms with E-state index in [1.807, 2.05) is 6.08 Å². The molecule has 24 heavy (non-hydrogen) atoms. The van der Waals surface area contributed by atoms with Crippen LogP contribution in [0.1, 0.15) is 82.1 Å². The van der Waals surface area contributed by atoms with Gasteiger partial charge in [-0.05, 0) is 80.3 Å². The highest BCUT2D eigenvalue weighted by atomic mass is 32.1. The van der Waals surface area contributed by atoms with Crippen molar-refractivity contribution in [2.75, 3.05) is 0 Å². The highest BCUT2D eigenvalue weighted by Crippen LogP contribution is 2.38. The van der Waals surface area contributed by atoms with E-state index >= 15 is 0 Å². The molecule has 0 unspecified atom stereocenters. The molecule has 2 heteroatoms. The van der Waals surface area contributed by atoms with Crippen molar-refractivity contribution in [2.45, 2.75) is 76.5 Å². The first-order valence-electron chi connectivity index (χ1n) is 9.62. The van der Waals surface area contributed by atoms with Gasteiger partial charge in [0, 0.05) is 0 Å². The lowest BCUT2D eigenvalue weighted by atomic mass is 9.77. The number of nitrogens with zero attached hydrogens (tertiary/aromatic N) is 1. The average Bonchev–Trinajstić information content (AvgIpc) is 2.62. The molecule has 1 nitrogen and oxygen atoms in total. The quantitative estimate of drug-likeness (QED) is 0.184. The van der Waals surface area contributed by atoms with Crippen molar-refractivity contribution >= 4 is 23.1 Å². The van der Waals surface area contributed by atoms with Crippen LogP contribution in [0.25, 0.3) is 0 Å². The molecular weight excluding hydrogens is 310 g/mol. The molecule has 1 fully saturated rings. The number of isothiocyanates is 1. The largest absolute Gasteiger partial charge is 0.195 e. The zero-order valence-electron chi connectivity index (χ0n) is 14.9. The topological polar surface area (TPSA) is 12.4 Å². The Labute approximate surface area is 153 Å². The molecule has 1 aromatic carbocycles. The summed E-state index contributed by atoms with van der Waals surface area (Å²) < 4.78 is 0. The predicted molar refractivity (Wildman–Crippen MR) is 108 cm³/mol. The normalized spacial score (nSPS) is 20.3. The first-order valence-corrected chi connectivity index (χ1v) is 10.0. The van der Waals surface area contributed by atoms with Crippen molar-refractivity contribution < 1.29 is 0 Å². The Balaban J connectivity index is 1.62. The lowest BCUT2D eigenvalue weighted by molar-refractivity contribution is 0.302. The number of benzene rings is 1. The van der Waals surface area contributed by atoms with E-state index in [1.165, 1.54) is 76.2 Å². The van der Waals surface area contributed by atoms with Crippen LogP contribution in [-0.4, -0.2) is 5.16 Å². The van der Waals surface area contributed by atoms with Gasteiger partial charge in [-0.2, -0.15) is 4.99 Å². The molecule has 130 valence electrons. The van der Waals surface area contributed by atoms with E-state index in [1.54, 1.807) is 0 Å². The summed E-state index contributed by atoms with van der Waals surface area (Å²) >= 11 is 4.65. The second-order valence-electron chi connectivity index (χ2n) is 7.15. The van der Waals surface area contributed by atoms with Gasteiger partial charge in [-0.25, -0.2) is 0 Å². The van der Waals surface area contributed by atoms with Crippen LogP contribution in [0.15, 0.2) is 41.9 Å². The summed E-state index contributed by atoms with van der Waals surface area (Å²) in [6.07, 6.45) is 17.1. The Hall–Kier alpha value is -1.24. The summed E-state index contributed by atoms with van der Waals surface area (Å²) in [6.45, 7) is 3.78. The van der Waals surface area contributed by atoms with Gasteiger partial charge in [-0.3, -0.25) is 0 Å². The Morgan fingerprint density at radius 3 is 2.33 bits per heavy atom. The summed E-state index contributed by atoms with van der Waals surface area (Å²) in [5, 5.41) is 2.43. The highest BCUT2D eigenvalue weighted by Gasteiger charge is 2.21. The number of rotatable bonds is 10. The van der Waals surface area contributed by atoms with Gasteiger partial charge in [0.15, 0.2) is 0 Å². The van der Waals surface area contributed by atoms with Crippen LogP contribution in [-0.2, 0) is 0 Å². The van der Waals surface area contributed by atoms with Gasteiger partial charge >= 0.3 is 0 Å². The molecule has 0 aliphatic heterocycles. The van der Waals surface area contributed by atoms with Crippen LogP contribution in [0.4, 0.5) is 5.69 Å². The molecule has 0 spiro atoms.